The normalized spacial score (nSPS) is 10.8. The van der Waals surface area contributed by atoms with Crippen LogP contribution in [0, 0.1) is 24.0 Å². The highest BCUT2D eigenvalue weighted by atomic mass is 16.6. The molecule has 3 rings (SSSR count). The number of ether oxygens (including phenoxy) is 1. The van der Waals surface area contributed by atoms with E-state index < -0.39 is 10.9 Å². The predicted octanol–water partition coefficient (Wildman–Crippen LogP) is 5.18. The Morgan fingerprint density at radius 2 is 1.79 bits per heavy atom. The third kappa shape index (κ3) is 4.67. The molecule has 0 fully saturated rings. The zero-order valence-corrected chi connectivity index (χ0v) is 15.5. The molecule has 0 amide bonds. The zero-order valence-electron chi connectivity index (χ0n) is 15.5. The van der Waals surface area contributed by atoms with E-state index in [9.17, 15) is 14.9 Å². The van der Waals surface area contributed by atoms with Crippen molar-refractivity contribution in [2.75, 3.05) is 0 Å². The van der Waals surface area contributed by atoms with Gasteiger partial charge in [0, 0.05) is 18.3 Å². The second-order valence-electron chi connectivity index (χ2n) is 6.31. The Balaban J connectivity index is 1.70. The number of rotatable bonds is 5. The van der Waals surface area contributed by atoms with Crippen molar-refractivity contribution in [1.29, 1.82) is 0 Å². The average Bonchev–Trinajstić information content (AvgIpc) is 2.70. The Bertz CT molecular complexity index is 1060. The van der Waals surface area contributed by atoms with Crippen LogP contribution in [0.3, 0.4) is 0 Å². The minimum atomic E-state index is -0.652. The lowest BCUT2D eigenvalue weighted by Gasteiger charge is -2.05. The minimum Gasteiger partial charge on any atom is -0.423 e. The molecular formula is C22H18N2O4. The number of esters is 1. The molecule has 0 bridgehead atoms. The number of carbonyl (C=O) groups excluding carboxylic acids is 1. The smallest absolute Gasteiger partial charge is 0.343 e. The number of nitro benzene ring substituents is 1. The first-order valence-electron chi connectivity index (χ1n) is 8.60. The fourth-order valence-electron chi connectivity index (χ4n) is 2.54. The number of non-ortho nitro benzene ring substituents is 1. The van der Waals surface area contributed by atoms with Crippen LogP contribution in [0.5, 0.6) is 5.75 Å². The summed E-state index contributed by atoms with van der Waals surface area (Å²) in [5.74, 6) is -0.305. The second-order valence-corrected chi connectivity index (χ2v) is 6.31. The second kappa shape index (κ2) is 8.26. The topological polar surface area (TPSA) is 81.8 Å². The van der Waals surface area contributed by atoms with E-state index in [4.69, 9.17) is 4.74 Å². The Labute approximate surface area is 162 Å². The van der Waals surface area contributed by atoms with E-state index in [1.54, 1.807) is 30.5 Å². The lowest BCUT2D eigenvalue weighted by Crippen LogP contribution is -2.08. The maximum Gasteiger partial charge on any atom is 0.343 e. The Kier molecular flexibility index (Phi) is 5.60. The third-order valence-corrected chi connectivity index (χ3v) is 4.10. The van der Waals surface area contributed by atoms with Gasteiger partial charge >= 0.3 is 5.97 Å². The van der Waals surface area contributed by atoms with Crippen molar-refractivity contribution in [1.82, 2.24) is 0 Å². The van der Waals surface area contributed by atoms with Gasteiger partial charge in [0.25, 0.3) is 5.69 Å². The number of aliphatic imine (C=N–C) groups is 1. The van der Waals surface area contributed by atoms with E-state index in [-0.39, 0.29) is 11.3 Å². The largest absolute Gasteiger partial charge is 0.423 e. The van der Waals surface area contributed by atoms with E-state index in [2.05, 4.69) is 4.99 Å². The van der Waals surface area contributed by atoms with Crippen molar-refractivity contribution in [3.63, 3.8) is 0 Å². The molecule has 0 aliphatic carbocycles. The van der Waals surface area contributed by atoms with Crippen LogP contribution in [0.1, 0.15) is 27.0 Å². The minimum absolute atomic E-state index is 0.120. The molecule has 0 saturated carbocycles. The van der Waals surface area contributed by atoms with Gasteiger partial charge in [-0.3, -0.25) is 15.1 Å². The molecule has 28 heavy (non-hydrogen) atoms. The lowest BCUT2D eigenvalue weighted by molar-refractivity contribution is -0.384. The molecule has 0 heterocycles. The van der Waals surface area contributed by atoms with Crippen LogP contribution >= 0.6 is 0 Å². The molecule has 0 aliphatic heterocycles. The van der Waals surface area contributed by atoms with E-state index in [0.717, 1.165) is 22.4 Å². The Hall–Kier alpha value is -3.80. The molecular weight excluding hydrogens is 356 g/mol. The van der Waals surface area contributed by atoms with Crippen molar-refractivity contribution in [3.8, 4) is 5.75 Å². The van der Waals surface area contributed by atoms with Gasteiger partial charge < -0.3 is 4.74 Å². The summed E-state index contributed by atoms with van der Waals surface area (Å²) >= 11 is 0. The number of benzene rings is 3. The van der Waals surface area contributed by atoms with E-state index >= 15 is 0 Å². The maximum absolute atomic E-state index is 12.2. The molecule has 0 aromatic heterocycles. The van der Waals surface area contributed by atoms with Gasteiger partial charge in [-0.2, -0.15) is 0 Å². The molecule has 140 valence electrons. The first-order chi connectivity index (χ1) is 13.4. The maximum atomic E-state index is 12.2. The summed E-state index contributed by atoms with van der Waals surface area (Å²) < 4.78 is 5.28. The van der Waals surface area contributed by atoms with Gasteiger partial charge in [-0.1, -0.05) is 18.2 Å². The van der Waals surface area contributed by atoms with Crippen molar-refractivity contribution in [3.05, 3.63) is 99.1 Å². The Morgan fingerprint density at radius 3 is 2.50 bits per heavy atom. The number of nitro groups is 1. The van der Waals surface area contributed by atoms with Crippen LogP contribution in [-0.4, -0.2) is 17.1 Å². The van der Waals surface area contributed by atoms with Crippen LogP contribution in [0.4, 0.5) is 11.4 Å². The summed E-state index contributed by atoms with van der Waals surface area (Å²) in [6, 6.07) is 18.4. The highest BCUT2D eigenvalue weighted by molar-refractivity contribution is 5.92. The summed E-state index contributed by atoms with van der Waals surface area (Å²) in [6.07, 6.45) is 1.74. The number of nitrogens with zero attached hydrogens (tertiary/aromatic N) is 2. The van der Waals surface area contributed by atoms with Gasteiger partial charge in [0.1, 0.15) is 5.75 Å². The molecule has 0 unspecified atom stereocenters. The fraction of sp³-hybridized carbons (Fsp3) is 0.0909. The van der Waals surface area contributed by atoms with E-state index in [1.165, 1.54) is 24.3 Å². The van der Waals surface area contributed by atoms with Gasteiger partial charge in [0.05, 0.1) is 16.2 Å². The molecule has 0 aliphatic rings. The quantitative estimate of drug-likeness (QED) is 0.202. The predicted molar refractivity (Wildman–Crippen MR) is 108 cm³/mol. The Morgan fingerprint density at radius 1 is 1.04 bits per heavy atom. The summed E-state index contributed by atoms with van der Waals surface area (Å²) in [7, 11) is 0. The van der Waals surface area contributed by atoms with E-state index in [1.807, 2.05) is 32.0 Å². The third-order valence-electron chi connectivity index (χ3n) is 4.10. The number of aryl methyl sites for hydroxylation is 2. The molecule has 6 nitrogen and oxygen atoms in total. The van der Waals surface area contributed by atoms with Gasteiger partial charge in [-0.05, 0) is 66.9 Å². The molecule has 0 saturated heterocycles. The van der Waals surface area contributed by atoms with Gasteiger partial charge in [-0.25, -0.2) is 4.79 Å². The highest BCUT2D eigenvalue weighted by Gasteiger charge is 2.13. The number of carbonyl (C=O) groups is 1. The average molecular weight is 374 g/mol. The standard InChI is InChI=1S/C22H18N2O4/c1-15-6-7-16(2)21(12-15)23-14-17-8-10-20(11-9-17)28-22(25)18-4-3-5-19(13-18)24(26)27/h3-14H,1-2H3. The van der Waals surface area contributed by atoms with Crippen molar-refractivity contribution in [2.45, 2.75) is 13.8 Å². The number of hydrogen-bond acceptors (Lipinski definition) is 5. The molecule has 6 heteroatoms. The SMILES string of the molecule is Cc1ccc(C)c(N=Cc2ccc(OC(=O)c3cccc([N+](=O)[O-])c3)cc2)c1. The summed E-state index contributed by atoms with van der Waals surface area (Å²) in [5.41, 5.74) is 3.95. The molecule has 0 N–H and O–H groups in total. The summed E-state index contributed by atoms with van der Waals surface area (Å²) in [4.78, 5) is 26.9. The zero-order chi connectivity index (χ0) is 20.1. The first kappa shape index (κ1) is 19.0. The van der Waals surface area contributed by atoms with Crippen LogP contribution < -0.4 is 4.74 Å². The van der Waals surface area contributed by atoms with Crippen LogP contribution in [0.25, 0.3) is 0 Å². The molecule has 0 radical (unpaired) electrons. The van der Waals surface area contributed by atoms with Crippen LogP contribution in [0.15, 0.2) is 71.7 Å². The van der Waals surface area contributed by atoms with Crippen LogP contribution in [-0.2, 0) is 0 Å². The summed E-state index contributed by atoms with van der Waals surface area (Å²) in [6.45, 7) is 4.02. The summed E-state index contributed by atoms with van der Waals surface area (Å²) in [5, 5.41) is 10.8. The molecule has 0 spiro atoms. The number of hydrogen-bond donors (Lipinski definition) is 0. The fourth-order valence-corrected chi connectivity index (χ4v) is 2.54. The van der Waals surface area contributed by atoms with Gasteiger partial charge in [0.2, 0.25) is 0 Å². The molecule has 0 atom stereocenters. The van der Waals surface area contributed by atoms with E-state index in [0.29, 0.717) is 5.75 Å². The van der Waals surface area contributed by atoms with Gasteiger partial charge in [0.15, 0.2) is 0 Å². The van der Waals surface area contributed by atoms with Crippen LogP contribution in [0.2, 0.25) is 0 Å². The lowest BCUT2D eigenvalue weighted by atomic mass is 10.1. The molecule has 3 aromatic rings. The molecule has 3 aromatic carbocycles. The van der Waals surface area contributed by atoms with Crippen molar-refractivity contribution in [2.24, 2.45) is 4.99 Å². The highest BCUT2D eigenvalue weighted by Crippen LogP contribution is 2.21. The van der Waals surface area contributed by atoms with Crippen molar-refractivity contribution < 1.29 is 14.5 Å². The van der Waals surface area contributed by atoms with Crippen molar-refractivity contribution >= 4 is 23.6 Å². The van der Waals surface area contributed by atoms with Gasteiger partial charge in [-0.15, -0.1) is 0 Å². The first-order valence-corrected chi connectivity index (χ1v) is 8.60. The monoisotopic (exact) mass is 374 g/mol.